The van der Waals surface area contributed by atoms with E-state index in [2.05, 4.69) is 19.2 Å². The molecule has 3 heteroatoms. The molecular weight excluding hydrogens is 226 g/mol. The molecule has 0 amide bonds. The van der Waals surface area contributed by atoms with Crippen LogP contribution in [-0.2, 0) is 6.54 Å². The second-order valence-corrected chi connectivity index (χ2v) is 5.28. The third-order valence-electron chi connectivity index (χ3n) is 2.97. The number of para-hydroxylation sites is 1. The van der Waals surface area contributed by atoms with Gasteiger partial charge in [0.1, 0.15) is 12.4 Å². The molecule has 0 aliphatic carbocycles. The Morgan fingerprint density at radius 2 is 2.00 bits per heavy atom. The molecule has 0 aromatic heterocycles. The molecule has 102 valence electrons. The Hall–Kier alpha value is -1.06. The van der Waals surface area contributed by atoms with Crippen LogP contribution in [-0.4, -0.2) is 23.4 Å². The minimum absolute atomic E-state index is 0.322. The van der Waals surface area contributed by atoms with Crippen molar-refractivity contribution in [1.29, 1.82) is 0 Å². The molecule has 0 saturated heterocycles. The van der Waals surface area contributed by atoms with E-state index in [1.54, 1.807) is 6.92 Å². The largest absolute Gasteiger partial charge is 0.490 e. The van der Waals surface area contributed by atoms with Gasteiger partial charge in [0, 0.05) is 18.2 Å². The van der Waals surface area contributed by atoms with Crippen LogP contribution in [0.5, 0.6) is 5.75 Å². The molecule has 2 N–H and O–H groups in total. The van der Waals surface area contributed by atoms with Gasteiger partial charge < -0.3 is 15.2 Å². The molecule has 1 unspecified atom stereocenters. The Labute approximate surface area is 110 Å². The van der Waals surface area contributed by atoms with Crippen LogP contribution in [0.25, 0.3) is 0 Å². The van der Waals surface area contributed by atoms with Gasteiger partial charge in [0.2, 0.25) is 0 Å². The van der Waals surface area contributed by atoms with Crippen LogP contribution in [0, 0.1) is 0 Å². The van der Waals surface area contributed by atoms with Crippen LogP contribution in [0.4, 0.5) is 0 Å². The van der Waals surface area contributed by atoms with E-state index < -0.39 is 5.60 Å². The van der Waals surface area contributed by atoms with Crippen LogP contribution in [0.2, 0.25) is 0 Å². The summed E-state index contributed by atoms with van der Waals surface area (Å²) in [6.07, 6.45) is 0.680. The van der Waals surface area contributed by atoms with Gasteiger partial charge in [-0.25, -0.2) is 0 Å². The zero-order chi connectivity index (χ0) is 13.6. The summed E-state index contributed by atoms with van der Waals surface area (Å²) >= 11 is 0. The van der Waals surface area contributed by atoms with Crippen molar-refractivity contribution >= 4 is 0 Å². The van der Waals surface area contributed by atoms with Gasteiger partial charge in [-0.1, -0.05) is 39.0 Å². The molecule has 3 nitrogen and oxygen atoms in total. The van der Waals surface area contributed by atoms with Gasteiger partial charge in [0.25, 0.3) is 0 Å². The van der Waals surface area contributed by atoms with Crippen molar-refractivity contribution < 1.29 is 9.84 Å². The maximum absolute atomic E-state index is 9.95. The molecule has 0 radical (unpaired) electrons. The standard InChI is InChI=1S/C15H25NO2/c1-5-15(4,17)11-18-14-9-7-6-8-13(14)10-16-12(2)3/h6-9,12,16-17H,5,10-11H2,1-4H3. The molecule has 18 heavy (non-hydrogen) atoms. The molecule has 0 aliphatic heterocycles. The fourth-order valence-electron chi connectivity index (χ4n) is 1.44. The highest BCUT2D eigenvalue weighted by atomic mass is 16.5. The lowest BCUT2D eigenvalue weighted by Gasteiger charge is -2.22. The Kier molecular flexibility index (Phi) is 5.63. The first kappa shape index (κ1) is 15.0. The molecule has 0 spiro atoms. The fraction of sp³-hybridized carbons (Fsp3) is 0.600. The second kappa shape index (κ2) is 6.76. The van der Waals surface area contributed by atoms with E-state index >= 15 is 0 Å². The van der Waals surface area contributed by atoms with Crippen molar-refractivity contribution in [1.82, 2.24) is 5.32 Å². The van der Waals surface area contributed by atoms with E-state index in [4.69, 9.17) is 4.74 Å². The SMILES string of the molecule is CCC(C)(O)COc1ccccc1CNC(C)C. The van der Waals surface area contributed by atoms with Gasteiger partial charge in [-0.2, -0.15) is 0 Å². The van der Waals surface area contributed by atoms with Crippen LogP contribution in [0.1, 0.15) is 39.7 Å². The lowest BCUT2D eigenvalue weighted by atomic mass is 10.1. The lowest BCUT2D eigenvalue weighted by molar-refractivity contribution is 0.00815. The lowest BCUT2D eigenvalue weighted by Crippen LogP contribution is -2.31. The second-order valence-electron chi connectivity index (χ2n) is 5.28. The smallest absolute Gasteiger partial charge is 0.123 e. The summed E-state index contributed by atoms with van der Waals surface area (Å²) in [7, 11) is 0. The number of aliphatic hydroxyl groups is 1. The Morgan fingerprint density at radius 3 is 2.61 bits per heavy atom. The number of hydrogen-bond acceptors (Lipinski definition) is 3. The van der Waals surface area contributed by atoms with E-state index in [-0.39, 0.29) is 0 Å². The molecule has 1 atom stereocenters. The van der Waals surface area contributed by atoms with E-state index in [9.17, 15) is 5.11 Å². The normalized spacial score (nSPS) is 14.6. The molecular formula is C15H25NO2. The number of benzene rings is 1. The molecule has 0 heterocycles. The fourth-order valence-corrected chi connectivity index (χ4v) is 1.44. The van der Waals surface area contributed by atoms with Crippen LogP contribution < -0.4 is 10.1 Å². The molecule has 0 saturated carbocycles. The highest BCUT2D eigenvalue weighted by Gasteiger charge is 2.19. The number of rotatable bonds is 7. The first-order chi connectivity index (χ1) is 8.44. The summed E-state index contributed by atoms with van der Waals surface area (Å²) in [5.74, 6) is 0.847. The van der Waals surface area contributed by atoms with Crippen LogP contribution in [0.3, 0.4) is 0 Å². The molecule has 1 rings (SSSR count). The third-order valence-corrected chi connectivity index (χ3v) is 2.97. The predicted molar refractivity (Wildman–Crippen MR) is 74.8 cm³/mol. The summed E-state index contributed by atoms with van der Waals surface area (Å²) in [6, 6.07) is 8.39. The summed E-state index contributed by atoms with van der Waals surface area (Å²) in [5, 5.41) is 13.3. The van der Waals surface area contributed by atoms with E-state index in [0.29, 0.717) is 19.1 Å². The Balaban J connectivity index is 2.64. The summed E-state index contributed by atoms with van der Waals surface area (Å²) < 4.78 is 5.74. The minimum Gasteiger partial charge on any atom is -0.490 e. The number of hydrogen-bond donors (Lipinski definition) is 2. The van der Waals surface area contributed by atoms with E-state index in [1.807, 2.05) is 31.2 Å². The highest BCUT2D eigenvalue weighted by molar-refractivity contribution is 5.33. The van der Waals surface area contributed by atoms with Crippen molar-refractivity contribution in [3.63, 3.8) is 0 Å². The van der Waals surface area contributed by atoms with Crippen molar-refractivity contribution in [3.8, 4) is 5.75 Å². The molecule has 0 bridgehead atoms. The summed E-state index contributed by atoms with van der Waals surface area (Å²) in [6.45, 7) is 9.08. The maximum atomic E-state index is 9.95. The number of nitrogens with one attached hydrogen (secondary N) is 1. The maximum Gasteiger partial charge on any atom is 0.123 e. The van der Waals surface area contributed by atoms with Gasteiger partial charge >= 0.3 is 0 Å². The van der Waals surface area contributed by atoms with Crippen molar-refractivity contribution in [2.75, 3.05) is 6.61 Å². The highest BCUT2D eigenvalue weighted by Crippen LogP contribution is 2.20. The molecule has 0 aliphatic rings. The van der Waals surface area contributed by atoms with E-state index in [1.165, 1.54) is 0 Å². The van der Waals surface area contributed by atoms with Gasteiger partial charge in [-0.3, -0.25) is 0 Å². The van der Waals surface area contributed by atoms with E-state index in [0.717, 1.165) is 17.9 Å². The quantitative estimate of drug-likeness (QED) is 0.783. The number of ether oxygens (including phenoxy) is 1. The van der Waals surface area contributed by atoms with Gasteiger partial charge in [-0.15, -0.1) is 0 Å². The van der Waals surface area contributed by atoms with Gasteiger partial charge in [0.05, 0.1) is 5.60 Å². The average Bonchev–Trinajstić information content (AvgIpc) is 2.35. The molecule has 1 aromatic rings. The topological polar surface area (TPSA) is 41.5 Å². The monoisotopic (exact) mass is 251 g/mol. The van der Waals surface area contributed by atoms with Gasteiger partial charge in [-0.05, 0) is 19.4 Å². The first-order valence-corrected chi connectivity index (χ1v) is 6.61. The van der Waals surface area contributed by atoms with Crippen molar-refractivity contribution in [2.24, 2.45) is 0 Å². The Morgan fingerprint density at radius 1 is 1.33 bits per heavy atom. The first-order valence-electron chi connectivity index (χ1n) is 6.61. The third kappa shape index (κ3) is 5.07. The summed E-state index contributed by atoms with van der Waals surface area (Å²) in [4.78, 5) is 0. The van der Waals surface area contributed by atoms with Crippen molar-refractivity contribution in [2.45, 2.75) is 52.3 Å². The average molecular weight is 251 g/mol. The molecule has 1 aromatic carbocycles. The summed E-state index contributed by atoms with van der Waals surface area (Å²) in [5.41, 5.74) is 0.358. The minimum atomic E-state index is -0.765. The van der Waals surface area contributed by atoms with Crippen molar-refractivity contribution in [3.05, 3.63) is 29.8 Å². The van der Waals surface area contributed by atoms with Gasteiger partial charge in [0.15, 0.2) is 0 Å². The zero-order valence-electron chi connectivity index (χ0n) is 11.9. The molecule has 0 fully saturated rings. The van der Waals surface area contributed by atoms with Crippen LogP contribution >= 0.6 is 0 Å². The predicted octanol–water partition coefficient (Wildman–Crippen LogP) is 2.72. The Bertz CT molecular complexity index is 361. The van der Waals surface area contributed by atoms with Crippen LogP contribution in [0.15, 0.2) is 24.3 Å². The zero-order valence-corrected chi connectivity index (χ0v) is 11.9.